The molecule has 0 aliphatic heterocycles. The quantitative estimate of drug-likeness (QED) is 0.218. The van der Waals surface area contributed by atoms with Gasteiger partial charge in [0.05, 0.1) is 7.11 Å². The van der Waals surface area contributed by atoms with Crippen LogP contribution in [-0.4, -0.2) is 57.6 Å². The zero-order chi connectivity index (χ0) is 16.6. The van der Waals surface area contributed by atoms with Gasteiger partial charge in [0.2, 0.25) is 6.41 Å². The van der Waals surface area contributed by atoms with Crippen molar-refractivity contribution in [3.63, 3.8) is 0 Å². The third-order valence-electron chi connectivity index (χ3n) is 2.67. The van der Waals surface area contributed by atoms with Crippen LogP contribution in [0.3, 0.4) is 0 Å². The van der Waals surface area contributed by atoms with E-state index in [4.69, 9.17) is 0 Å². The van der Waals surface area contributed by atoms with Crippen molar-refractivity contribution in [2.24, 2.45) is 0 Å². The molecule has 9 nitrogen and oxygen atoms in total. The van der Waals surface area contributed by atoms with E-state index in [-0.39, 0.29) is 0 Å². The molecule has 0 atom stereocenters. The predicted octanol–water partition coefficient (Wildman–Crippen LogP) is -1.12. The molecule has 0 aromatic heterocycles. The molecule has 0 rings (SSSR count). The molecular weight excluding hydrogens is 292 g/mol. The summed E-state index contributed by atoms with van der Waals surface area (Å²) in [5.74, 6) is -1.34. The third kappa shape index (κ3) is 11.5. The topological polar surface area (TPSA) is 126 Å². The van der Waals surface area contributed by atoms with Gasteiger partial charge in [0.25, 0.3) is 0 Å². The summed E-state index contributed by atoms with van der Waals surface area (Å²) in [7, 11) is 1.28. The summed E-state index contributed by atoms with van der Waals surface area (Å²) in [4.78, 5) is 43.6. The van der Waals surface area contributed by atoms with Crippen LogP contribution in [0.2, 0.25) is 0 Å². The van der Waals surface area contributed by atoms with E-state index in [0.29, 0.717) is 51.9 Å². The van der Waals surface area contributed by atoms with Crippen LogP contribution in [0.1, 0.15) is 25.7 Å². The number of alkyl carbamates (subject to hydrolysis) is 1. The van der Waals surface area contributed by atoms with Crippen molar-refractivity contribution in [2.75, 3.05) is 33.3 Å². The molecule has 4 N–H and O–H groups in total. The molecule has 0 aliphatic rings. The summed E-state index contributed by atoms with van der Waals surface area (Å²) in [6.45, 7) is 1.74. The number of carbonyl (C=O) groups is 4. The summed E-state index contributed by atoms with van der Waals surface area (Å²) < 4.78 is 4.40. The van der Waals surface area contributed by atoms with Crippen LogP contribution in [0, 0.1) is 0 Å². The van der Waals surface area contributed by atoms with Crippen molar-refractivity contribution >= 4 is 24.3 Å². The van der Waals surface area contributed by atoms with Crippen LogP contribution in [0.25, 0.3) is 0 Å². The lowest BCUT2D eigenvalue weighted by Crippen LogP contribution is -2.40. The van der Waals surface area contributed by atoms with Gasteiger partial charge in [-0.25, -0.2) is 4.79 Å². The molecule has 22 heavy (non-hydrogen) atoms. The van der Waals surface area contributed by atoms with Gasteiger partial charge in [-0.3, -0.25) is 14.4 Å². The summed E-state index contributed by atoms with van der Waals surface area (Å²) in [6, 6.07) is 0. The number of nitrogens with one attached hydrogen (secondary N) is 4. The molecule has 0 fully saturated rings. The number of carbonyl (C=O) groups excluding carboxylic acids is 4. The molecule has 9 heteroatoms. The molecule has 0 saturated heterocycles. The highest BCUT2D eigenvalue weighted by Crippen LogP contribution is 1.86. The maximum Gasteiger partial charge on any atom is 0.406 e. The summed E-state index contributed by atoms with van der Waals surface area (Å²) in [6.07, 6.45) is 2.84. The molecule has 0 aromatic rings. The number of methoxy groups -OCH3 is 1. The molecule has 0 spiro atoms. The highest BCUT2D eigenvalue weighted by molar-refractivity contribution is 6.35. The van der Waals surface area contributed by atoms with Gasteiger partial charge in [-0.15, -0.1) is 0 Å². The Morgan fingerprint density at radius 2 is 1.27 bits per heavy atom. The Morgan fingerprint density at radius 1 is 0.818 bits per heavy atom. The Kier molecular flexibility index (Phi) is 12.2. The average molecular weight is 316 g/mol. The Hall–Kier alpha value is -2.32. The Bertz CT molecular complexity index is 362. The van der Waals surface area contributed by atoms with Gasteiger partial charge in [0.1, 0.15) is 0 Å². The lowest BCUT2D eigenvalue weighted by atomic mass is 10.3. The highest BCUT2D eigenvalue weighted by Gasteiger charge is 2.11. The van der Waals surface area contributed by atoms with Crippen LogP contribution in [-0.2, 0) is 19.1 Å². The van der Waals surface area contributed by atoms with Crippen molar-refractivity contribution in [2.45, 2.75) is 25.7 Å². The molecule has 0 bridgehead atoms. The second-order valence-corrected chi connectivity index (χ2v) is 4.42. The van der Waals surface area contributed by atoms with Crippen molar-refractivity contribution in [1.82, 2.24) is 21.3 Å². The lowest BCUT2D eigenvalue weighted by molar-refractivity contribution is -0.139. The molecule has 126 valence electrons. The van der Waals surface area contributed by atoms with E-state index < -0.39 is 17.9 Å². The first-order valence-electron chi connectivity index (χ1n) is 7.16. The third-order valence-corrected chi connectivity index (χ3v) is 2.67. The SMILES string of the molecule is COC(=O)NCCCCNC(=O)C(=O)NCCCCNC=O. The summed E-state index contributed by atoms with van der Waals surface area (Å²) in [5.41, 5.74) is 0. The average Bonchev–Trinajstić information content (AvgIpc) is 2.53. The minimum absolute atomic E-state index is 0.359. The van der Waals surface area contributed by atoms with Gasteiger partial charge in [-0.2, -0.15) is 0 Å². The van der Waals surface area contributed by atoms with E-state index in [2.05, 4.69) is 26.0 Å². The van der Waals surface area contributed by atoms with Crippen molar-refractivity contribution in [3.8, 4) is 0 Å². The van der Waals surface area contributed by atoms with Gasteiger partial charge < -0.3 is 26.0 Å². The van der Waals surface area contributed by atoms with Gasteiger partial charge in [-0.05, 0) is 25.7 Å². The van der Waals surface area contributed by atoms with Crippen molar-refractivity contribution < 1.29 is 23.9 Å². The van der Waals surface area contributed by atoms with E-state index in [1.54, 1.807) is 0 Å². The number of unbranched alkanes of at least 4 members (excludes halogenated alkanes) is 2. The first kappa shape index (κ1) is 19.7. The van der Waals surface area contributed by atoms with Gasteiger partial charge in [-0.1, -0.05) is 0 Å². The first-order chi connectivity index (χ1) is 10.6. The van der Waals surface area contributed by atoms with E-state index in [0.717, 1.165) is 6.42 Å². The normalized spacial score (nSPS) is 9.50. The first-order valence-corrected chi connectivity index (χ1v) is 7.16. The van der Waals surface area contributed by atoms with Gasteiger partial charge in [0, 0.05) is 26.2 Å². The van der Waals surface area contributed by atoms with Crippen LogP contribution in [0.5, 0.6) is 0 Å². The Balaban J connectivity index is 3.48. The van der Waals surface area contributed by atoms with E-state index in [1.165, 1.54) is 7.11 Å². The molecule has 0 saturated carbocycles. The number of amides is 4. The minimum Gasteiger partial charge on any atom is -0.453 e. The maximum atomic E-state index is 11.4. The fourth-order valence-electron chi connectivity index (χ4n) is 1.49. The highest BCUT2D eigenvalue weighted by atomic mass is 16.5. The minimum atomic E-state index is -0.674. The number of ether oxygens (including phenoxy) is 1. The molecule has 0 unspecified atom stereocenters. The number of hydrogen-bond acceptors (Lipinski definition) is 5. The standard InChI is InChI=1S/C13H24N4O5/c1-22-13(21)17-9-5-4-8-16-12(20)11(19)15-7-3-2-6-14-10-18/h10H,2-9H2,1H3,(H,14,18)(H,15,19)(H,16,20)(H,17,21). The van der Waals surface area contributed by atoms with Crippen LogP contribution < -0.4 is 21.3 Å². The fraction of sp³-hybridized carbons (Fsp3) is 0.692. The van der Waals surface area contributed by atoms with E-state index in [1.807, 2.05) is 0 Å². The van der Waals surface area contributed by atoms with E-state index >= 15 is 0 Å². The molecule has 0 aromatic carbocycles. The monoisotopic (exact) mass is 316 g/mol. The van der Waals surface area contributed by atoms with Gasteiger partial charge >= 0.3 is 17.9 Å². The molecule has 0 radical (unpaired) electrons. The molecule has 4 amide bonds. The van der Waals surface area contributed by atoms with Crippen LogP contribution in [0.15, 0.2) is 0 Å². The molecular formula is C13H24N4O5. The number of rotatable bonds is 11. The van der Waals surface area contributed by atoms with Crippen molar-refractivity contribution in [3.05, 3.63) is 0 Å². The van der Waals surface area contributed by atoms with Gasteiger partial charge in [0.15, 0.2) is 0 Å². The maximum absolute atomic E-state index is 11.4. The lowest BCUT2D eigenvalue weighted by Gasteiger charge is -2.07. The Morgan fingerprint density at radius 3 is 1.73 bits per heavy atom. The van der Waals surface area contributed by atoms with Crippen LogP contribution in [0.4, 0.5) is 4.79 Å². The summed E-state index contributed by atoms with van der Waals surface area (Å²) >= 11 is 0. The second kappa shape index (κ2) is 13.7. The van der Waals surface area contributed by atoms with Crippen LogP contribution >= 0.6 is 0 Å². The summed E-state index contributed by atoms with van der Waals surface area (Å²) in [5, 5.41) is 10.0. The Labute approximate surface area is 129 Å². The number of hydrogen-bond donors (Lipinski definition) is 4. The zero-order valence-electron chi connectivity index (χ0n) is 12.8. The second-order valence-electron chi connectivity index (χ2n) is 4.42. The molecule has 0 heterocycles. The molecule has 0 aliphatic carbocycles. The smallest absolute Gasteiger partial charge is 0.406 e. The largest absolute Gasteiger partial charge is 0.453 e. The van der Waals surface area contributed by atoms with E-state index in [9.17, 15) is 19.2 Å². The predicted molar refractivity (Wildman–Crippen MR) is 79.0 cm³/mol. The zero-order valence-corrected chi connectivity index (χ0v) is 12.8. The van der Waals surface area contributed by atoms with Crippen molar-refractivity contribution in [1.29, 1.82) is 0 Å². The fourth-order valence-corrected chi connectivity index (χ4v) is 1.49.